The lowest BCUT2D eigenvalue weighted by Gasteiger charge is -2.48. The fourth-order valence-electron chi connectivity index (χ4n) is 5.63. The molecule has 1 atom stereocenters. The second-order valence-corrected chi connectivity index (χ2v) is 9.10. The molecule has 0 aromatic heterocycles. The Morgan fingerprint density at radius 1 is 0.903 bits per heavy atom. The highest BCUT2D eigenvalue weighted by Gasteiger charge is 2.45. The first-order chi connectivity index (χ1) is 15.1. The first-order valence-electron chi connectivity index (χ1n) is 12.1. The summed E-state index contributed by atoms with van der Waals surface area (Å²) in [5.74, 6) is 1.44. The van der Waals surface area contributed by atoms with Gasteiger partial charge in [0.15, 0.2) is 11.5 Å². The average molecular weight is 429 g/mol. The van der Waals surface area contributed by atoms with E-state index in [2.05, 4.69) is 0 Å². The third kappa shape index (κ3) is 4.53. The van der Waals surface area contributed by atoms with Crippen molar-refractivity contribution in [3.05, 3.63) is 23.8 Å². The molecule has 0 bridgehead atoms. The van der Waals surface area contributed by atoms with Gasteiger partial charge in [0.1, 0.15) is 12.6 Å². The Kier molecular flexibility index (Phi) is 7.03. The van der Waals surface area contributed by atoms with Crippen LogP contribution < -0.4 is 9.47 Å². The van der Waals surface area contributed by atoms with Crippen molar-refractivity contribution < 1.29 is 19.1 Å². The van der Waals surface area contributed by atoms with Gasteiger partial charge in [0.05, 0.1) is 13.7 Å². The van der Waals surface area contributed by atoms with Crippen molar-refractivity contribution in [2.75, 3.05) is 20.3 Å². The van der Waals surface area contributed by atoms with Crippen LogP contribution in [-0.4, -0.2) is 54.0 Å². The van der Waals surface area contributed by atoms with Crippen molar-refractivity contribution in [3.63, 3.8) is 0 Å². The zero-order valence-corrected chi connectivity index (χ0v) is 19.0. The first kappa shape index (κ1) is 22.0. The molecule has 1 aromatic carbocycles. The predicted octanol–water partition coefficient (Wildman–Crippen LogP) is 4.47. The average Bonchev–Trinajstić information content (AvgIpc) is 2.81. The molecular formula is C25H36N2O4. The van der Waals surface area contributed by atoms with E-state index in [0.717, 1.165) is 56.9 Å². The Labute approximate surface area is 185 Å². The third-order valence-electron chi connectivity index (χ3n) is 7.18. The molecular weight excluding hydrogens is 392 g/mol. The first-order valence-corrected chi connectivity index (χ1v) is 12.1. The van der Waals surface area contributed by atoms with E-state index >= 15 is 0 Å². The molecule has 1 heterocycles. The van der Waals surface area contributed by atoms with E-state index in [1.807, 2.05) is 34.9 Å². The zero-order valence-electron chi connectivity index (χ0n) is 19.0. The van der Waals surface area contributed by atoms with E-state index in [0.29, 0.717) is 18.1 Å². The summed E-state index contributed by atoms with van der Waals surface area (Å²) in [5.41, 5.74) is 0.824. The van der Waals surface area contributed by atoms with Crippen LogP contribution in [0.3, 0.4) is 0 Å². The monoisotopic (exact) mass is 428 g/mol. The minimum absolute atomic E-state index is 0.0725. The Morgan fingerprint density at radius 2 is 1.55 bits per heavy atom. The summed E-state index contributed by atoms with van der Waals surface area (Å²) in [5, 5.41) is 0. The molecule has 170 valence electrons. The van der Waals surface area contributed by atoms with Crippen molar-refractivity contribution in [1.29, 1.82) is 0 Å². The Hall–Kier alpha value is -2.24. The largest absolute Gasteiger partial charge is 0.493 e. The topological polar surface area (TPSA) is 59.1 Å². The minimum Gasteiger partial charge on any atom is -0.493 e. The van der Waals surface area contributed by atoms with Gasteiger partial charge in [0.25, 0.3) is 5.91 Å². The van der Waals surface area contributed by atoms with E-state index < -0.39 is 6.04 Å². The maximum atomic E-state index is 13.9. The lowest BCUT2D eigenvalue weighted by molar-refractivity contribution is -0.162. The molecule has 1 aliphatic heterocycles. The predicted molar refractivity (Wildman–Crippen MR) is 119 cm³/mol. The number of hydrogen-bond acceptors (Lipinski definition) is 4. The van der Waals surface area contributed by atoms with Gasteiger partial charge in [-0.3, -0.25) is 9.59 Å². The van der Waals surface area contributed by atoms with Crippen LogP contribution in [-0.2, 0) is 9.59 Å². The molecule has 2 saturated carbocycles. The zero-order chi connectivity index (χ0) is 21.8. The quantitative estimate of drug-likeness (QED) is 0.671. The Morgan fingerprint density at radius 3 is 2.16 bits per heavy atom. The lowest BCUT2D eigenvalue weighted by atomic mass is 9.88. The Bertz CT molecular complexity index is 784. The van der Waals surface area contributed by atoms with Gasteiger partial charge in [0, 0.05) is 12.1 Å². The fraction of sp³-hybridized carbons (Fsp3) is 0.680. The Balaban J connectivity index is 1.70. The molecule has 1 saturated heterocycles. The van der Waals surface area contributed by atoms with E-state index in [1.54, 1.807) is 7.11 Å². The number of rotatable bonds is 6. The summed E-state index contributed by atoms with van der Waals surface area (Å²) in [6.07, 6.45) is 10.9. The van der Waals surface area contributed by atoms with Gasteiger partial charge >= 0.3 is 0 Å². The highest BCUT2D eigenvalue weighted by molar-refractivity contribution is 5.96. The highest BCUT2D eigenvalue weighted by Crippen LogP contribution is 2.39. The van der Waals surface area contributed by atoms with Gasteiger partial charge < -0.3 is 19.3 Å². The SMILES string of the molecule is CCOc1ccc([C@@H]2C(=O)N(C3CCCCC3)CC(=O)N2C2CCCCC2)cc1OC. The molecule has 2 amide bonds. The molecule has 0 spiro atoms. The van der Waals surface area contributed by atoms with Crippen molar-refractivity contribution in [2.45, 2.75) is 89.3 Å². The molecule has 6 heteroatoms. The van der Waals surface area contributed by atoms with Crippen molar-refractivity contribution in [2.24, 2.45) is 0 Å². The van der Waals surface area contributed by atoms with Gasteiger partial charge in [-0.05, 0) is 50.3 Å². The minimum atomic E-state index is -0.573. The fourth-order valence-corrected chi connectivity index (χ4v) is 5.63. The summed E-state index contributed by atoms with van der Waals surface area (Å²) < 4.78 is 11.2. The van der Waals surface area contributed by atoms with Crippen molar-refractivity contribution >= 4 is 11.8 Å². The molecule has 0 unspecified atom stereocenters. The summed E-state index contributed by atoms with van der Waals surface area (Å²) >= 11 is 0. The maximum absolute atomic E-state index is 13.9. The summed E-state index contributed by atoms with van der Waals surface area (Å²) in [7, 11) is 1.61. The van der Waals surface area contributed by atoms with Crippen LogP contribution >= 0.6 is 0 Å². The van der Waals surface area contributed by atoms with E-state index in [-0.39, 0.29) is 30.4 Å². The molecule has 3 fully saturated rings. The highest BCUT2D eigenvalue weighted by atomic mass is 16.5. The van der Waals surface area contributed by atoms with E-state index in [1.165, 1.54) is 12.8 Å². The van der Waals surface area contributed by atoms with Crippen LogP contribution in [0.25, 0.3) is 0 Å². The van der Waals surface area contributed by atoms with Gasteiger partial charge in [-0.1, -0.05) is 44.6 Å². The number of hydrogen-bond donors (Lipinski definition) is 0. The molecule has 0 N–H and O–H groups in total. The van der Waals surface area contributed by atoms with Gasteiger partial charge in [-0.2, -0.15) is 0 Å². The van der Waals surface area contributed by atoms with Crippen LogP contribution in [0.5, 0.6) is 11.5 Å². The number of methoxy groups -OCH3 is 1. The standard InChI is InChI=1S/C25H36N2O4/c1-3-31-21-15-14-18(16-22(21)30-2)24-25(29)26(19-10-6-4-7-11-19)17-23(28)27(24)20-12-8-5-9-13-20/h14-16,19-20,24H,3-13,17H2,1-2H3/t24-/m1/s1. The number of ether oxygens (including phenoxy) is 2. The molecule has 1 aromatic rings. The van der Waals surface area contributed by atoms with Crippen LogP contribution in [0.2, 0.25) is 0 Å². The van der Waals surface area contributed by atoms with E-state index in [9.17, 15) is 9.59 Å². The summed E-state index contributed by atoms with van der Waals surface area (Å²) in [4.78, 5) is 31.2. The maximum Gasteiger partial charge on any atom is 0.250 e. The molecule has 3 aliphatic rings. The van der Waals surface area contributed by atoms with Crippen LogP contribution in [0, 0.1) is 0 Å². The van der Waals surface area contributed by atoms with Crippen LogP contribution in [0.15, 0.2) is 18.2 Å². The summed E-state index contributed by atoms with van der Waals surface area (Å²) in [6, 6.07) is 5.45. The van der Waals surface area contributed by atoms with Crippen molar-refractivity contribution in [1.82, 2.24) is 9.80 Å². The van der Waals surface area contributed by atoms with E-state index in [4.69, 9.17) is 9.47 Å². The molecule has 6 nitrogen and oxygen atoms in total. The smallest absolute Gasteiger partial charge is 0.250 e. The number of benzene rings is 1. The molecule has 0 radical (unpaired) electrons. The molecule has 2 aliphatic carbocycles. The van der Waals surface area contributed by atoms with Crippen LogP contribution in [0.4, 0.5) is 0 Å². The van der Waals surface area contributed by atoms with Gasteiger partial charge in [-0.15, -0.1) is 0 Å². The normalized spacial score (nSPS) is 23.9. The number of amides is 2. The second kappa shape index (κ2) is 9.92. The van der Waals surface area contributed by atoms with Gasteiger partial charge in [-0.25, -0.2) is 0 Å². The summed E-state index contributed by atoms with van der Waals surface area (Å²) in [6.45, 7) is 2.70. The number of piperazine rings is 1. The number of carbonyl (C=O) groups is 2. The number of carbonyl (C=O) groups excluding carboxylic acids is 2. The second-order valence-electron chi connectivity index (χ2n) is 9.10. The van der Waals surface area contributed by atoms with Gasteiger partial charge in [0.2, 0.25) is 5.91 Å². The molecule has 31 heavy (non-hydrogen) atoms. The lowest BCUT2D eigenvalue weighted by Crippen LogP contribution is -2.61. The molecule has 4 rings (SSSR count). The third-order valence-corrected chi connectivity index (χ3v) is 7.18. The number of nitrogens with zero attached hydrogens (tertiary/aromatic N) is 2. The van der Waals surface area contributed by atoms with Crippen LogP contribution in [0.1, 0.15) is 82.7 Å². The van der Waals surface area contributed by atoms with Crippen molar-refractivity contribution in [3.8, 4) is 11.5 Å².